The highest BCUT2D eigenvalue weighted by molar-refractivity contribution is 9.10. The fourth-order valence-corrected chi connectivity index (χ4v) is 1.82. The molecule has 0 saturated heterocycles. The van der Waals surface area contributed by atoms with Gasteiger partial charge in [-0.15, -0.1) is 0 Å². The topological polar surface area (TPSA) is 0 Å². The van der Waals surface area contributed by atoms with Crippen LogP contribution in [0.15, 0.2) is 46.9 Å². The van der Waals surface area contributed by atoms with Crippen molar-refractivity contribution in [3.8, 4) is 0 Å². The Hall–Kier alpha value is -1.15. The number of halogens is 2. The van der Waals surface area contributed by atoms with Gasteiger partial charge in [-0.25, -0.2) is 4.39 Å². The van der Waals surface area contributed by atoms with Crippen molar-refractivity contribution >= 4 is 15.9 Å². The molecule has 0 fully saturated rings. The molecule has 2 heteroatoms. The fraction of sp³-hybridized carbons (Fsp3) is 0.0769. The molecule has 2 aromatic carbocycles. The molecule has 0 atom stereocenters. The molecule has 2 rings (SSSR count). The summed E-state index contributed by atoms with van der Waals surface area (Å²) < 4.78 is 13.7. The van der Waals surface area contributed by atoms with E-state index in [4.69, 9.17) is 0 Å². The van der Waals surface area contributed by atoms with E-state index in [9.17, 15) is 4.39 Å². The van der Waals surface area contributed by atoms with Crippen LogP contribution in [0.2, 0.25) is 0 Å². The lowest BCUT2D eigenvalue weighted by atomic mass is 10.1. The second kappa shape index (κ2) is 4.58. The maximum absolute atomic E-state index is 12.7. The van der Waals surface area contributed by atoms with Gasteiger partial charge < -0.3 is 0 Å². The van der Waals surface area contributed by atoms with Crippen molar-refractivity contribution in [2.24, 2.45) is 0 Å². The summed E-state index contributed by atoms with van der Waals surface area (Å²) in [6, 6.07) is 15.5. The van der Waals surface area contributed by atoms with Crippen LogP contribution in [0.4, 0.5) is 4.39 Å². The largest absolute Gasteiger partial charge is 0.207 e. The van der Waals surface area contributed by atoms with Gasteiger partial charge in [-0.2, -0.15) is 0 Å². The Morgan fingerprint density at radius 1 is 1.13 bits per heavy atom. The summed E-state index contributed by atoms with van der Waals surface area (Å²) in [5.41, 5.74) is 2.18. The molecule has 0 unspecified atom stereocenters. The van der Waals surface area contributed by atoms with Gasteiger partial charge in [-0.1, -0.05) is 34.1 Å². The van der Waals surface area contributed by atoms with Gasteiger partial charge in [0.25, 0.3) is 0 Å². The Morgan fingerprint density at radius 2 is 1.87 bits per heavy atom. The lowest BCUT2D eigenvalue weighted by molar-refractivity contribution is 0.627. The van der Waals surface area contributed by atoms with Crippen LogP contribution in [-0.4, -0.2) is 0 Å². The predicted molar refractivity (Wildman–Crippen MR) is 62.2 cm³/mol. The van der Waals surface area contributed by atoms with E-state index >= 15 is 0 Å². The van der Waals surface area contributed by atoms with Crippen molar-refractivity contribution in [3.63, 3.8) is 0 Å². The number of hydrogen-bond acceptors (Lipinski definition) is 0. The zero-order valence-electron chi connectivity index (χ0n) is 8.00. The van der Waals surface area contributed by atoms with Gasteiger partial charge in [0.05, 0.1) is 0 Å². The second-order valence-corrected chi connectivity index (χ2v) is 4.25. The maximum atomic E-state index is 12.7. The lowest BCUT2D eigenvalue weighted by Gasteiger charge is -2.01. The molecular weight excluding hydrogens is 255 g/mol. The normalized spacial score (nSPS) is 10.3. The molecule has 0 aliphatic rings. The standard InChI is InChI=1S/C13H9BrF/c14-12-3-1-2-11(9-12)8-10-4-6-13(15)7-5-10/h1,3-7,9H,8H2. The zero-order chi connectivity index (χ0) is 10.7. The van der Waals surface area contributed by atoms with E-state index in [0.717, 1.165) is 22.0 Å². The molecule has 0 nitrogen and oxygen atoms in total. The molecule has 0 N–H and O–H groups in total. The van der Waals surface area contributed by atoms with E-state index in [1.165, 1.54) is 12.1 Å². The van der Waals surface area contributed by atoms with Crippen molar-refractivity contribution in [2.45, 2.75) is 6.42 Å². The van der Waals surface area contributed by atoms with Gasteiger partial charge >= 0.3 is 0 Å². The molecule has 1 radical (unpaired) electrons. The van der Waals surface area contributed by atoms with Crippen LogP contribution in [0.25, 0.3) is 0 Å². The second-order valence-electron chi connectivity index (χ2n) is 3.34. The molecule has 0 bridgehead atoms. The van der Waals surface area contributed by atoms with Gasteiger partial charge in [0, 0.05) is 4.47 Å². The third-order valence-corrected chi connectivity index (χ3v) is 2.62. The summed E-state index contributed by atoms with van der Waals surface area (Å²) >= 11 is 3.41. The van der Waals surface area contributed by atoms with Crippen LogP contribution in [-0.2, 0) is 6.42 Å². The summed E-state index contributed by atoms with van der Waals surface area (Å²) in [4.78, 5) is 0. The average molecular weight is 264 g/mol. The summed E-state index contributed by atoms with van der Waals surface area (Å²) in [6.45, 7) is 0. The minimum atomic E-state index is -0.197. The quantitative estimate of drug-likeness (QED) is 0.769. The zero-order valence-corrected chi connectivity index (χ0v) is 9.59. The van der Waals surface area contributed by atoms with Crippen LogP contribution < -0.4 is 0 Å². The van der Waals surface area contributed by atoms with Crippen molar-refractivity contribution in [2.75, 3.05) is 0 Å². The molecule has 0 aliphatic carbocycles. The molecule has 0 spiro atoms. The van der Waals surface area contributed by atoms with Crippen LogP contribution in [0.3, 0.4) is 0 Å². The molecule has 2 aromatic rings. The average Bonchev–Trinajstić information content (AvgIpc) is 2.22. The van der Waals surface area contributed by atoms with Crippen molar-refractivity contribution in [1.29, 1.82) is 0 Å². The Balaban J connectivity index is 2.18. The third-order valence-electron chi connectivity index (χ3n) is 2.13. The van der Waals surface area contributed by atoms with Gasteiger partial charge in [0.15, 0.2) is 0 Å². The Labute approximate surface area is 96.9 Å². The van der Waals surface area contributed by atoms with Gasteiger partial charge in [0.2, 0.25) is 0 Å². The molecule has 0 heterocycles. The van der Waals surface area contributed by atoms with E-state index in [0.29, 0.717) is 0 Å². The minimum Gasteiger partial charge on any atom is -0.207 e. The minimum absolute atomic E-state index is 0.197. The summed E-state index contributed by atoms with van der Waals surface area (Å²) in [7, 11) is 0. The highest BCUT2D eigenvalue weighted by Crippen LogP contribution is 2.15. The monoisotopic (exact) mass is 263 g/mol. The summed E-state index contributed by atoms with van der Waals surface area (Å²) in [6.07, 6.45) is 0.778. The van der Waals surface area contributed by atoms with Crippen molar-refractivity contribution < 1.29 is 4.39 Å². The van der Waals surface area contributed by atoms with Crippen LogP contribution >= 0.6 is 15.9 Å². The van der Waals surface area contributed by atoms with Crippen molar-refractivity contribution in [1.82, 2.24) is 0 Å². The Bertz CT molecular complexity index is 448. The molecule has 0 amide bonds. The van der Waals surface area contributed by atoms with Crippen LogP contribution in [0.1, 0.15) is 11.1 Å². The highest BCUT2D eigenvalue weighted by atomic mass is 79.9. The smallest absolute Gasteiger partial charge is 0.123 e. The fourth-order valence-electron chi connectivity index (χ4n) is 1.41. The first-order valence-corrected chi connectivity index (χ1v) is 5.44. The van der Waals surface area contributed by atoms with E-state index < -0.39 is 0 Å². The number of rotatable bonds is 2. The number of hydrogen-bond donors (Lipinski definition) is 0. The van der Waals surface area contributed by atoms with Crippen LogP contribution in [0.5, 0.6) is 0 Å². The molecule has 15 heavy (non-hydrogen) atoms. The predicted octanol–water partition coefficient (Wildman–Crippen LogP) is 3.98. The number of benzene rings is 2. The molecule has 0 aliphatic heterocycles. The molecule has 75 valence electrons. The molecule has 0 aromatic heterocycles. The van der Waals surface area contributed by atoms with Crippen LogP contribution in [0, 0.1) is 11.9 Å². The first-order valence-electron chi connectivity index (χ1n) is 4.64. The van der Waals surface area contributed by atoms with E-state index in [1.807, 2.05) is 18.2 Å². The van der Waals surface area contributed by atoms with E-state index in [1.54, 1.807) is 12.1 Å². The van der Waals surface area contributed by atoms with Gasteiger partial charge in [-0.3, -0.25) is 0 Å². The lowest BCUT2D eigenvalue weighted by Crippen LogP contribution is -1.88. The first kappa shape index (κ1) is 10.4. The van der Waals surface area contributed by atoms with Gasteiger partial charge in [-0.05, 0) is 47.9 Å². The van der Waals surface area contributed by atoms with Gasteiger partial charge in [0.1, 0.15) is 5.82 Å². The SMILES string of the molecule is Fc1ccc(Cc2[c]ccc(Br)c2)cc1. The van der Waals surface area contributed by atoms with Crippen molar-refractivity contribution in [3.05, 3.63) is 69.9 Å². The third kappa shape index (κ3) is 2.90. The van der Waals surface area contributed by atoms with E-state index in [2.05, 4.69) is 22.0 Å². The van der Waals surface area contributed by atoms with E-state index in [-0.39, 0.29) is 5.82 Å². The molecular formula is C13H9BrF. The summed E-state index contributed by atoms with van der Waals surface area (Å²) in [5.74, 6) is -0.197. The highest BCUT2D eigenvalue weighted by Gasteiger charge is 1.97. The Kier molecular flexibility index (Phi) is 3.17. The maximum Gasteiger partial charge on any atom is 0.123 e. The Morgan fingerprint density at radius 3 is 2.53 bits per heavy atom. The summed E-state index contributed by atoms with van der Waals surface area (Å²) in [5, 5.41) is 0. The molecule has 0 saturated carbocycles. The first-order chi connectivity index (χ1) is 7.24.